The Morgan fingerprint density at radius 2 is 2.04 bits per heavy atom. The molecule has 0 aliphatic rings. The van der Waals surface area contributed by atoms with Crippen molar-refractivity contribution < 1.29 is 13.7 Å². The molecule has 0 radical (unpaired) electrons. The summed E-state index contributed by atoms with van der Waals surface area (Å²) in [6.45, 7) is 5.30. The van der Waals surface area contributed by atoms with Crippen molar-refractivity contribution in [3.63, 3.8) is 0 Å². The molecule has 3 rings (SSSR count). The van der Waals surface area contributed by atoms with Crippen molar-refractivity contribution >= 4 is 24.1 Å². The summed E-state index contributed by atoms with van der Waals surface area (Å²) in [5, 5.41) is 4.38. The van der Waals surface area contributed by atoms with Crippen LogP contribution in [0.5, 0.6) is 0 Å². The highest BCUT2D eigenvalue weighted by molar-refractivity contribution is 6.30. The average Bonchev–Trinajstić information content (AvgIpc) is 2.95. The summed E-state index contributed by atoms with van der Waals surface area (Å²) in [4.78, 5) is 20.3. The number of aromatic nitrogens is 2. The Bertz CT molecular complexity index is 951. The van der Waals surface area contributed by atoms with Gasteiger partial charge in [-0.1, -0.05) is 16.8 Å². The number of pyridine rings is 1. The molecular formula is C18H13ClFN3O2. The highest BCUT2D eigenvalue weighted by Crippen LogP contribution is 2.32. The number of ketones is 1. The summed E-state index contributed by atoms with van der Waals surface area (Å²) >= 11 is 5.85. The number of nitrogens with zero attached hydrogens (tertiary/aromatic N) is 3. The van der Waals surface area contributed by atoms with Gasteiger partial charge in [0, 0.05) is 22.3 Å². The van der Waals surface area contributed by atoms with E-state index in [0.717, 1.165) is 0 Å². The van der Waals surface area contributed by atoms with E-state index in [-0.39, 0.29) is 12.1 Å². The molecule has 0 atom stereocenters. The van der Waals surface area contributed by atoms with E-state index >= 15 is 0 Å². The van der Waals surface area contributed by atoms with Gasteiger partial charge in [-0.15, -0.1) is 0 Å². The summed E-state index contributed by atoms with van der Waals surface area (Å²) in [7, 11) is 0. The van der Waals surface area contributed by atoms with Crippen LogP contribution in [0.3, 0.4) is 0 Å². The lowest BCUT2D eigenvalue weighted by atomic mass is 9.94. The monoisotopic (exact) mass is 357 g/mol. The Hall–Kier alpha value is -2.86. The first kappa shape index (κ1) is 17.0. The van der Waals surface area contributed by atoms with Gasteiger partial charge in [0.1, 0.15) is 0 Å². The zero-order valence-corrected chi connectivity index (χ0v) is 14.0. The molecule has 2 heterocycles. The lowest BCUT2D eigenvalue weighted by molar-refractivity contribution is 0.103. The van der Waals surface area contributed by atoms with Gasteiger partial charge in [-0.2, -0.15) is 4.39 Å². The predicted octanol–water partition coefficient (Wildman–Crippen LogP) is 4.27. The lowest BCUT2D eigenvalue weighted by Crippen LogP contribution is -2.09. The Labute approximate surface area is 148 Å². The van der Waals surface area contributed by atoms with Crippen LogP contribution in [-0.4, -0.2) is 22.6 Å². The summed E-state index contributed by atoms with van der Waals surface area (Å²) < 4.78 is 19.7. The number of hydrogen-bond acceptors (Lipinski definition) is 5. The Kier molecular flexibility index (Phi) is 4.72. The fourth-order valence-corrected chi connectivity index (χ4v) is 2.70. The van der Waals surface area contributed by atoms with Crippen molar-refractivity contribution in [1.29, 1.82) is 0 Å². The third kappa shape index (κ3) is 3.21. The molecule has 1 aromatic carbocycles. The van der Waals surface area contributed by atoms with Crippen LogP contribution < -0.4 is 0 Å². The third-order valence-corrected chi connectivity index (χ3v) is 3.95. The number of benzene rings is 1. The maximum absolute atomic E-state index is 14.5. The molecule has 0 aliphatic heterocycles. The highest BCUT2D eigenvalue weighted by Gasteiger charge is 2.25. The molecule has 3 aromatic rings. The first-order chi connectivity index (χ1) is 12.0. The van der Waals surface area contributed by atoms with Crippen molar-refractivity contribution in [2.75, 3.05) is 0 Å². The molecule has 0 aliphatic carbocycles. The first-order valence-corrected chi connectivity index (χ1v) is 7.73. The van der Waals surface area contributed by atoms with Crippen LogP contribution in [0.1, 0.15) is 27.4 Å². The first-order valence-electron chi connectivity index (χ1n) is 7.35. The van der Waals surface area contributed by atoms with Crippen LogP contribution in [0.2, 0.25) is 5.02 Å². The Balaban J connectivity index is 2.19. The van der Waals surface area contributed by atoms with Crippen LogP contribution in [0.15, 0.2) is 46.0 Å². The van der Waals surface area contributed by atoms with E-state index in [4.69, 9.17) is 16.1 Å². The second-order valence-electron chi connectivity index (χ2n) is 5.31. The third-order valence-electron chi connectivity index (χ3n) is 3.70. The molecular weight excluding hydrogens is 345 g/mol. The molecule has 25 heavy (non-hydrogen) atoms. The van der Waals surface area contributed by atoms with Crippen LogP contribution in [0, 0.1) is 12.9 Å². The van der Waals surface area contributed by atoms with E-state index in [9.17, 15) is 9.18 Å². The van der Waals surface area contributed by atoms with Gasteiger partial charge in [0.2, 0.25) is 5.95 Å². The minimum absolute atomic E-state index is 0.151. The van der Waals surface area contributed by atoms with Gasteiger partial charge in [-0.25, -0.2) is 4.98 Å². The summed E-state index contributed by atoms with van der Waals surface area (Å²) in [5.74, 6) is -0.964. The van der Waals surface area contributed by atoms with Crippen molar-refractivity contribution in [2.45, 2.75) is 13.5 Å². The number of hydrogen-bond donors (Lipinski definition) is 0. The number of carbonyl (C=O) groups is 1. The standard InChI is InChI=1S/C18H13ClFN3O2/c1-10-15(14(9-21-2)25-23-10)13-7-8-22-18(20)16(13)17(24)11-3-5-12(19)6-4-11/h3-8H,2,9H2,1H3. The van der Waals surface area contributed by atoms with Gasteiger partial charge in [0.15, 0.2) is 11.5 Å². The number of aliphatic imine (C=N–C) groups is 1. The minimum atomic E-state index is -0.865. The highest BCUT2D eigenvalue weighted by atomic mass is 35.5. The maximum atomic E-state index is 14.5. The van der Waals surface area contributed by atoms with Crippen molar-refractivity contribution in [3.8, 4) is 11.1 Å². The van der Waals surface area contributed by atoms with Crippen LogP contribution in [-0.2, 0) is 6.54 Å². The molecule has 126 valence electrons. The zero-order chi connectivity index (χ0) is 18.0. The molecule has 0 saturated heterocycles. The van der Waals surface area contributed by atoms with Gasteiger partial charge >= 0.3 is 0 Å². The average molecular weight is 358 g/mol. The van der Waals surface area contributed by atoms with E-state index in [0.29, 0.717) is 33.2 Å². The summed E-state index contributed by atoms with van der Waals surface area (Å²) in [6.07, 6.45) is 1.29. The van der Waals surface area contributed by atoms with Gasteiger partial charge in [-0.05, 0) is 44.0 Å². The summed E-state index contributed by atoms with van der Waals surface area (Å²) in [6, 6.07) is 7.76. The lowest BCUT2D eigenvalue weighted by Gasteiger charge is -2.10. The smallest absolute Gasteiger partial charge is 0.224 e. The fraction of sp³-hybridized carbons (Fsp3) is 0.111. The van der Waals surface area contributed by atoms with E-state index in [1.54, 1.807) is 25.1 Å². The molecule has 0 spiro atoms. The van der Waals surface area contributed by atoms with E-state index < -0.39 is 11.7 Å². The Morgan fingerprint density at radius 3 is 2.72 bits per heavy atom. The Morgan fingerprint density at radius 1 is 1.32 bits per heavy atom. The molecule has 0 saturated carbocycles. The van der Waals surface area contributed by atoms with Gasteiger partial charge in [0.05, 0.1) is 23.4 Å². The van der Waals surface area contributed by atoms with Crippen molar-refractivity contribution in [1.82, 2.24) is 10.1 Å². The fourth-order valence-electron chi connectivity index (χ4n) is 2.58. The SMILES string of the molecule is C=NCc1onc(C)c1-c1ccnc(F)c1C(=O)c1ccc(Cl)cc1. The van der Waals surface area contributed by atoms with Crippen molar-refractivity contribution in [3.05, 3.63) is 70.1 Å². The van der Waals surface area contributed by atoms with Crippen LogP contribution in [0.4, 0.5) is 4.39 Å². The minimum Gasteiger partial charge on any atom is -0.358 e. The van der Waals surface area contributed by atoms with E-state index in [1.807, 2.05) is 0 Å². The number of carbonyl (C=O) groups excluding carboxylic acids is 1. The number of aryl methyl sites for hydroxylation is 1. The van der Waals surface area contributed by atoms with Gasteiger partial charge in [0.25, 0.3) is 0 Å². The molecule has 0 fully saturated rings. The largest absolute Gasteiger partial charge is 0.358 e. The summed E-state index contributed by atoms with van der Waals surface area (Å²) in [5.41, 5.74) is 1.54. The quantitative estimate of drug-likeness (QED) is 0.388. The second-order valence-corrected chi connectivity index (χ2v) is 5.74. The molecule has 0 unspecified atom stereocenters. The van der Waals surface area contributed by atoms with Crippen molar-refractivity contribution in [2.24, 2.45) is 4.99 Å². The second kappa shape index (κ2) is 6.94. The predicted molar refractivity (Wildman–Crippen MR) is 92.6 cm³/mol. The molecule has 2 aromatic heterocycles. The van der Waals surface area contributed by atoms with E-state index in [1.165, 1.54) is 18.3 Å². The number of rotatable bonds is 5. The van der Waals surface area contributed by atoms with Crippen LogP contribution in [0.25, 0.3) is 11.1 Å². The molecule has 7 heteroatoms. The van der Waals surface area contributed by atoms with Gasteiger partial charge in [-0.3, -0.25) is 9.79 Å². The molecule has 0 amide bonds. The molecule has 5 nitrogen and oxygen atoms in total. The van der Waals surface area contributed by atoms with E-state index in [2.05, 4.69) is 21.9 Å². The normalized spacial score (nSPS) is 10.7. The number of halogens is 2. The topological polar surface area (TPSA) is 68.3 Å². The zero-order valence-electron chi connectivity index (χ0n) is 13.3. The molecule has 0 bridgehead atoms. The van der Waals surface area contributed by atoms with Gasteiger partial charge < -0.3 is 4.52 Å². The van der Waals surface area contributed by atoms with Crippen LogP contribution >= 0.6 is 11.6 Å². The maximum Gasteiger partial charge on any atom is 0.224 e. The molecule has 0 N–H and O–H groups in total.